The average Bonchev–Trinajstić information content (AvgIpc) is 2.59. The maximum atomic E-state index is 6.20. The molecule has 4 heteroatoms. The minimum Gasteiger partial charge on any atom is -0.383 e. The molecule has 0 aliphatic rings. The van der Waals surface area contributed by atoms with Crippen LogP contribution < -0.4 is 5.32 Å². The van der Waals surface area contributed by atoms with Gasteiger partial charge in [-0.1, -0.05) is 35.9 Å². The highest BCUT2D eigenvalue weighted by atomic mass is 35.5. The van der Waals surface area contributed by atoms with E-state index in [1.165, 1.54) is 5.56 Å². The topological polar surface area (TPSA) is 34.1 Å². The molecule has 3 aromatic rings. The summed E-state index contributed by atoms with van der Waals surface area (Å²) < 4.78 is 5.21. The van der Waals surface area contributed by atoms with Crippen LogP contribution in [0.5, 0.6) is 0 Å². The number of hydrogen-bond acceptors (Lipinski definition) is 3. The Balaban J connectivity index is 2.05. The molecule has 0 radical (unpaired) electrons. The molecule has 0 spiro atoms. The van der Waals surface area contributed by atoms with Crippen LogP contribution in [0.1, 0.15) is 18.1 Å². The molecule has 3 rings (SSSR count). The quantitative estimate of drug-likeness (QED) is 0.677. The highest BCUT2D eigenvalue weighted by molar-refractivity contribution is 6.30. The van der Waals surface area contributed by atoms with Crippen molar-refractivity contribution in [2.45, 2.75) is 26.4 Å². The molecule has 0 fully saturated rings. The van der Waals surface area contributed by atoms with Gasteiger partial charge in [-0.15, -0.1) is 0 Å². The molecular formula is C21H23ClN2O. The summed E-state index contributed by atoms with van der Waals surface area (Å²) in [7, 11) is 1.72. The third-order valence-corrected chi connectivity index (χ3v) is 4.44. The normalized spacial score (nSPS) is 12.5. The van der Waals surface area contributed by atoms with E-state index in [9.17, 15) is 0 Å². The number of halogens is 1. The molecule has 0 aliphatic carbocycles. The van der Waals surface area contributed by atoms with Crippen molar-refractivity contribution in [3.63, 3.8) is 0 Å². The zero-order valence-electron chi connectivity index (χ0n) is 14.8. The second-order valence-corrected chi connectivity index (χ2v) is 6.88. The summed E-state index contributed by atoms with van der Waals surface area (Å²) in [6, 6.07) is 16.7. The Kier molecular flexibility index (Phi) is 5.69. The number of ether oxygens (including phenoxy) is 1. The van der Waals surface area contributed by atoms with E-state index in [4.69, 9.17) is 21.3 Å². The van der Waals surface area contributed by atoms with Crippen molar-refractivity contribution in [3.8, 4) is 11.3 Å². The lowest BCUT2D eigenvalue weighted by molar-refractivity contribution is 0.171. The van der Waals surface area contributed by atoms with Crippen molar-refractivity contribution >= 4 is 22.5 Å². The second kappa shape index (κ2) is 7.96. The van der Waals surface area contributed by atoms with Gasteiger partial charge < -0.3 is 10.1 Å². The van der Waals surface area contributed by atoms with Crippen molar-refractivity contribution in [1.82, 2.24) is 10.3 Å². The predicted octanol–water partition coefficient (Wildman–Crippen LogP) is 4.99. The SMILES string of the molecule is COC[C@H](C)NCc1cc2ccc(C)cc2nc1-c1cccc(Cl)c1. The van der Waals surface area contributed by atoms with Crippen LogP contribution in [-0.4, -0.2) is 24.7 Å². The van der Waals surface area contributed by atoms with Crippen molar-refractivity contribution in [2.24, 2.45) is 0 Å². The number of nitrogens with zero attached hydrogens (tertiary/aromatic N) is 1. The smallest absolute Gasteiger partial charge is 0.0755 e. The Bertz CT molecular complexity index is 879. The van der Waals surface area contributed by atoms with Gasteiger partial charge in [0.25, 0.3) is 0 Å². The Labute approximate surface area is 154 Å². The molecule has 0 unspecified atom stereocenters. The summed E-state index contributed by atoms with van der Waals surface area (Å²) in [5.74, 6) is 0. The molecule has 1 atom stereocenters. The standard InChI is InChI=1S/C21H23ClN2O/c1-14-7-8-16-10-18(12-23-15(2)13-25-3)21(24-20(16)9-14)17-5-4-6-19(22)11-17/h4-11,15,23H,12-13H2,1-3H3/t15-/m0/s1. The lowest BCUT2D eigenvalue weighted by Gasteiger charge is -2.16. The van der Waals surface area contributed by atoms with Crippen molar-refractivity contribution in [1.29, 1.82) is 0 Å². The molecule has 1 aromatic heterocycles. The van der Waals surface area contributed by atoms with Gasteiger partial charge in [0.15, 0.2) is 0 Å². The van der Waals surface area contributed by atoms with Crippen molar-refractivity contribution in [2.75, 3.05) is 13.7 Å². The lowest BCUT2D eigenvalue weighted by Crippen LogP contribution is -2.29. The van der Waals surface area contributed by atoms with E-state index in [1.807, 2.05) is 18.2 Å². The van der Waals surface area contributed by atoms with Crippen LogP contribution in [-0.2, 0) is 11.3 Å². The first kappa shape index (κ1) is 17.9. The number of hydrogen-bond donors (Lipinski definition) is 1. The summed E-state index contributed by atoms with van der Waals surface area (Å²) in [4.78, 5) is 4.94. The molecule has 1 heterocycles. The van der Waals surface area contributed by atoms with Crippen LogP contribution in [0.4, 0.5) is 0 Å². The maximum absolute atomic E-state index is 6.20. The molecule has 25 heavy (non-hydrogen) atoms. The molecular weight excluding hydrogens is 332 g/mol. The fourth-order valence-corrected chi connectivity index (χ4v) is 3.12. The number of pyridine rings is 1. The summed E-state index contributed by atoms with van der Waals surface area (Å²) in [6.07, 6.45) is 0. The van der Waals surface area contributed by atoms with Crippen LogP contribution in [0.15, 0.2) is 48.5 Å². The number of aryl methyl sites for hydroxylation is 1. The van der Waals surface area contributed by atoms with E-state index < -0.39 is 0 Å². The van der Waals surface area contributed by atoms with Gasteiger partial charge in [-0.05, 0) is 49.2 Å². The highest BCUT2D eigenvalue weighted by Crippen LogP contribution is 2.28. The number of methoxy groups -OCH3 is 1. The van der Waals surface area contributed by atoms with Gasteiger partial charge in [-0.2, -0.15) is 0 Å². The number of aromatic nitrogens is 1. The molecule has 0 aliphatic heterocycles. The Morgan fingerprint density at radius 3 is 2.76 bits per heavy atom. The summed E-state index contributed by atoms with van der Waals surface area (Å²) in [5.41, 5.74) is 5.37. The number of fused-ring (bicyclic) bond motifs is 1. The third-order valence-electron chi connectivity index (χ3n) is 4.21. The van der Waals surface area contributed by atoms with Crippen LogP contribution in [0, 0.1) is 6.92 Å². The van der Waals surface area contributed by atoms with E-state index in [1.54, 1.807) is 7.11 Å². The van der Waals surface area contributed by atoms with Crippen LogP contribution in [0.2, 0.25) is 5.02 Å². The van der Waals surface area contributed by atoms with E-state index in [2.05, 4.69) is 49.5 Å². The van der Waals surface area contributed by atoms with Gasteiger partial charge in [0.05, 0.1) is 17.8 Å². The van der Waals surface area contributed by atoms with Crippen LogP contribution in [0.25, 0.3) is 22.2 Å². The molecule has 0 bridgehead atoms. The van der Waals surface area contributed by atoms with Gasteiger partial charge >= 0.3 is 0 Å². The van der Waals surface area contributed by atoms with Gasteiger partial charge in [0.2, 0.25) is 0 Å². The maximum Gasteiger partial charge on any atom is 0.0755 e. The van der Waals surface area contributed by atoms with Crippen LogP contribution >= 0.6 is 11.6 Å². The van der Waals surface area contributed by atoms with Gasteiger partial charge in [-0.3, -0.25) is 0 Å². The third kappa shape index (κ3) is 4.37. The Hall–Kier alpha value is -1.94. The minimum atomic E-state index is 0.269. The molecule has 2 aromatic carbocycles. The zero-order valence-corrected chi connectivity index (χ0v) is 15.6. The summed E-state index contributed by atoms with van der Waals surface area (Å²) >= 11 is 6.20. The Morgan fingerprint density at radius 1 is 1.16 bits per heavy atom. The van der Waals surface area contributed by atoms with E-state index in [0.29, 0.717) is 6.61 Å². The monoisotopic (exact) mass is 354 g/mol. The average molecular weight is 355 g/mol. The number of benzene rings is 2. The minimum absolute atomic E-state index is 0.269. The molecule has 0 amide bonds. The van der Waals surface area contributed by atoms with Crippen LogP contribution in [0.3, 0.4) is 0 Å². The fourth-order valence-electron chi connectivity index (χ4n) is 2.93. The number of nitrogens with one attached hydrogen (secondary N) is 1. The fraction of sp³-hybridized carbons (Fsp3) is 0.286. The molecule has 0 saturated heterocycles. The zero-order chi connectivity index (χ0) is 17.8. The van der Waals surface area contributed by atoms with Gasteiger partial charge in [0.1, 0.15) is 0 Å². The first-order chi connectivity index (χ1) is 12.1. The first-order valence-corrected chi connectivity index (χ1v) is 8.83. The molecule has 0 saturated carbocycles. The van der Waals surface area contributed by atoms with Gasteiger partial charge in [-0.25, -0.2) is 4.98 Å². The highest BCUT2D eigenvalue weighted by Gasteiger charge is 2.11. The van der Waals surface area contributed by atoms with Crippen molar-refractivity contribution < 1.29 is 4.74 Å². The Morgan fingerprint density at radius 2 is 2.00 bits per heavy atom. The predicted molar refractivity (Wildman–Crippen MR) is 105 cm³/mol. The summed E-state index contributed by atoms with van der Waals surface area (Å²) in [6.45, 7) is 5.60. The second-order valence-electron chi connectivity index (χ2n) is 6.44. The van der Waals surface area contributed by atoms with Crippen molar-refractivity contribution in [3.05, 3.63) is 64.7 Å². The largest absolute Gasteiger partial charge is 0.383 e. The van der Waals surface area contributed by atoms with E-state index in [0.717, 1.165) is 39.3 Å². The first-order valence-electron chi connectivity index (χ1n) is 8.45. The molecule has 1 N–H and O–H groups in total. The summed E-state index contributed by atoms with van der Waals surface area (Å²) in [5, 5.41) is 5.37. The molecule has 3 nitrogen and oxygen atoms in total. The van der Waals surface area contributed by atoms with Gasteiger partial charge in [0, 0.05) is 35.7 Å². The van der Waals surface area contributed by atoms with E-state index >= 15 is 0 Å². The lowest BCUT2D eigenvalue weighted by atomic mass is 10.0. The number of rotatable bonds is 6. The molecule has 130 valence electrons. The van der Waals surface area contributed by atoms with E-state index in [-0.39, 0.29) is 6.04 Å².